The van der Waals surface area contributed by atoms with Crippen molar-refractivity contribution in [3.05, 3.63) is 54.1 Å². The number of carbonyl (C=O) groups is 1. The zero-order valence-electron chi connectivity index (χ0n) is 13.1. The Hall–Kier alpha value is -2.70. The number of alkyl halides is 3. The van der Waals surface area contributed by atoms with Gasteiger partial charge in [0.25, 0.3) is 5.91 Å². The number of hydrogen-bond donors (Lipinski definition) is 1. The van der Waals surface area contributed by atoms with E-state index >= 15 is 0 Å². The van der Waals surface area contributed by atoms with Crippen molar-refractivity contribution in [2.75, 3.05) is 12.4 Å². The molecule has 2 aromatic carbocycles. The first-order valence-corrected chi connectivity index (χ1v) is 7.08. The lowest BCUT2D eigenvalue weighted by molar-refractivity contribution is -0.137. The molecule has 0 radical (unpaired) electrons. The van der Waals surface area contributed by atoms with E-state index in [1.165, 1.54) is 26.2 Å². The van der Waals surface area contributed by atoms with Crippen LogP contribution >= 0.6 is 0 Å². The molecule has 2 rings (SSSR count). The highest BCUT2D eigenvalue weighted by Gasteiger charge is 2.30. The van der Waals surface area contributed by atoms with Gasteiger partial charge >= 0.3 is 6.18 Å². The van der Waals surface area contributed by atoms with Crippen LogP contribution in [0.5, 0.6) is 11.5 Å². The van der Waals surface area contributed by atoms with E-state index in [2.05, 4.69) is 5.32 Å². The molecule has 1 atom stereocenters. The summed E-state index contributed by atoms with van der Waals surface area (Å²) in [5.74, 6) is 0.427. The molecule has 0 heterocycles. The van der Waals surface area contributed by atoms with Gasteiger partial charge in [-0.25, -0.2) is 0 Å². The molecule has 0 aliphatic carbocycles. The van der Waals surface area contributed by atoms with Gasteiger partial charge in [-0.05, 0) is 37.3 Å². The van der Waals surface area contributed by atoms with Gasteiger partial charge in [0.1, 0.15) is 11.5 Å². The van der Waals surface area contributed by atoms with Crippen molar-refractivity contribution in [2.45, 2.75) is 19.2 Å². The van der Waals surface area contributed by atoms with Gasteiger partial charge in [-0.2, -0.15) is 13.2 Å². The van der Waals surface area contributed by atoms with Crippen LogP contribution in [0.25, 0.3) is 0 Å². The maximum absolute atomic E-state index is 12.7. The molecule has 4 nitrogen and oxygen atoms in total. The predicted molar refractivity (Wildman–Crippen MR) is 83.2 cm³/mol. The number of rotatable bonds is 5. The van der Waals surface area contributed by atoms with Crippen LogP contribution in [0, 0.1) is 0 Å². The Labute approximate surface area is 137 Å². The van der Waals surface area contributed by atoms with E-state index in [-0.39, 0.29) is 5.69 Å². The van der Waals surface area contributed by atoms with Gasteiger partial charge in [0.05, 0.1) is 12.7 Å². The maximum atomic E-state index is 12.7. The van der Waals surface area contributed by atoms with E-state index in [9.17, 15) is 18.0 Å². The molecule has 0 unspecified atom stereocenters. The smallest absolute Gasteiger partial charge is 0.416 e. The summed E-state index contributed by atoms with van der Waals surface area (Å²) in [6, 6.07) is 11.1. The van der Waals surface area contributed by atoms with Crippen molar-refractivity contribution in [3.8, 4) is 11.5 Å². The SMILES string of the molecule is COc1cccc(O[C@H](C)C(=O)Nc2cccc(C(F)(F)F)c2)c1. The Morgan fingerprint density at radius 1 is 1.08 bits per heavy atom. The molecule has 0 saturated carbocycles. The van der Waals surface area contributed by atoms with Crippen LogP contribution in [0.4, 0.5) is 18.9 Å². The lowest BCUT2D eigenvalue weighted by Gasteiger charge is -2.16. The Balaban J connectivity index is 2.03. The molecular formula is C17H16F3NO3. The molecule has 0 spiro atoms. The quantitative estimate of drug-likeness (QED) is 0.891. The van der Waals surface area contributed by atoms with Crippen molar-refractivity contribution in [2.24, 2.45) is 0 Å². The van der Waals surface area contributed by atoms with Crippen molar-refractivity contribution < 1.29 is 27.4 Å². The van der Waals surface area contributed by atoms with Gasteiger partial charge in [-0.3, -0.25) is 4.79 Å². The molecule has 24 heavy (non-hydrogen) atoms. The minimum absolute atomic E-state index is 0.0518. The fourth-order valence-electron chi connectivity index (χ4n) is 1.95. The molecule has 7 heteroatoms. The first kappa shape index (κ1) is 17.7. The van der Waals surface area contributed by atoms with E-state index < -0.39 is 23.8 Å². The summed E-state index contributed by atoms with van der Waals surface area (Å²) in [7, 11) is 1.50. The number of hydrogen-bond acceptors (Lipinski definition) is 3. The zero-order chi connectivity index (χ0) is 17.7. The summed E-state index contributed by atoms with van der Waals surface area (Å²) in [4.78, 5) is 12.1. The van der Waals surface area contributed by atoms with E-state index in [0.29, 0.717) is 11.5 Å². The molecule has 0 aliphatic rings. The Morgan fingerprint density at radius 2 is 1.75 bits per heavy atom. The first-order valence-electron chi connectivity index (χ1n) is 7.08. The molecule has 0 bridgehead atoms. The number of carbonyl (C=O) groups excluding carboxylic acids is 1. The number of ether oxygens (including phenoxy) is 2. The topological polar surface area (TPSA) is 47.6 Å². The van der Waals surface area contributed by atoms with Gasteiger partial charge in [-0.15, -0.1) is 0 Å². The lowest BCUT2D eigenvalue weighted by atomic mass is 10.2. The second-order valence-electron chi connectivity index (χ2n) is 5.01. The average molecular weight is 339 g/mol. The molecule has 1 N–H and O–H groups in total. The highest BCUT2D eigenvalue weighted by molar-refractivity contribution is 5.94. The van der Waals surface area contributed by atoms with Crippen molar-refractivity contribution in [1.29, 1.82) is 0 Å². The first-order chi connectivity index (χ1) is 11.3. The summed E-state index contributed by atoms with van der Waals surface area (Å²) in [6.45, 7) is 1.50. The van der Waals surface area contributed by atoms with Gasteiger partial charge in [0, 0.05) is 11.8 Å². The third-order valence-electron chi connectivity index (χ3n) is 3.18. The van der Waals surface area contributed by atoms with E-state index in [4.69, 9.17) is 9.47 Å². The number of halogens is 3. The Kier molecular flexibility index (Phi) is 5.33. The fraction of sp³-hybridized carbons (Fsp3) is 0.235. The molecule has 0 aromatic heterocycles. The Bertz CT molecular complexity index is 716. The largest absolute Gasteiger partial charge is 0.497 e. The monoisotopic (exact) mass is 339 g/mol. The number of amides is 1. The van der Waals surface area contributed by atoms with E-state index in [0.717, 1.165) is 12.1 Å². The number of anilines is 1. The molecule has 0 saturated heterocycles. The van der Waals surface area contributed by atoms with Crippen LogP contribution in [0.2, 0.25) is 0 Å². The summed E-state index contributed by atoms with van der Waals surface area (Å²) in [5, 5.41) is 2.41. The predicted octanol–water partition coefficient (Wildman–Crippen LogP) is 4.12. The summed E-state index contributed by atoms with van der Waals surface area (Å²) in [6.07, 6.45) is -5.37. The zero-order valence-corrected chi connectivity index (χ0v) is 13.1. The lowest BCUT2D eigenvalue weighted by Crippen LogP contribution is -2.30. The van der Waals surface area contributed by atoms with Crippen LogP contribution < -0.4 is 14.8 Å². The summed E-state index contributed by atoms with van der Waals surface area (Å²) in [5.41, 5.74) is -0.780. The highest BCUT2D eigenvalue weighted by Crippen LogP contribution is 2.30. The maximum Gasteiger partial charge on any atom is 0.416 e. The van der Waals surface area contributed by atoms with Crippen molar-refractivity contribution in [3.63, 3.8) is 0 Å². The highest BCUT2D eigenvalue weighted by atomic mass is 19.4. The van der Waals surface area contributed by atoms with Gasteiger partial charge in [0.15, 0.2) is 6.10 Å². The van der Waals surface area contributed by atoms with Crippen LogP contribution in [-0.4, -0.2) is 19.1 Å². The van der Waals surface area contributed by atoms with E-state index in [1.54, 1.807) is 24.3 Å². The Morgan fingerprint density at radius 3 is 2.42 bits per heavy atom. The van der Waals surface area contributed by atoms with Gasteiger partial charge in [0.2, 0.25) is 0 Å². The third-order valence-corrected chi connectivity index (χ3v) is 3.18. The fourth-order valence-corrected chi connectivity index (χ4v) is 1.95. The second-order valence-corrected chi connectivity index (χ2v) is 5.01. The number of methoxy groups -OCH3 is 1. The van der Waals surface area contributed by atoms with Crippen LogP contribution in [0.1, 0.15) is 12.5 Å². The third kappa shape index (κ3) is 4.65. The normalized spacial score (nSPS) is 12.4. The molecule has 0 fully saturated rings. The van der Waals surface area contributed by atoms with Gasteiger partial charge in [-0.1, -0.05) is 12.1 Å². The summed E-state index contributed by atoms with van der Waals surface area (Å²) < 4.78 is 48.5. The number of benzene rings is 2. The van der Waals surface area contributed by atoms with Gasteiger partial charge < -0.3 is 14.8 Å². The molecular weight excluding hydrogens is 323 g/mol. The average Bonchev–Trinajstić information content (AvgIpc) is 2.54. The minimum Gasteiger partial charge on any atom is -0.497 e. The standard InChI is InChI=1S/C17H16F3NO3/c1-11(24-15-8-4-7-14(10-15)23-2)16(22)21-13-6-3-5-12(9-13)17(18,19)20/h3-11H,1-2H3,(H,21,22)/t11-/m1/s1. The van der Waals surface area contributed by atoms with E-state index in [1.807, 2.05) is 0 Å². The minimum atomic E-state index is -4.47. The molecule has 1 amide bonds. The van der Waals surface area contributed by atoms with Crippen LogP contribution in [-0.2, 0) is 11.0 Å². The molecule has 128 valence electrons. The van der Waals surface area contributed by atoms with Crippen LogP contribution in [0.15, 0.2) is 48.5 Å². The van der Waals surface area contributed by atoms with Crippen LogP contribution in [0.3, 0.4) is 0 Å². The molecule has 2 aromatic rings. The van der Waals surface area contributed by atoms with Crippen molar-refractivity contribution >= 4 is 11.6 Å². The second kappa shape index (κ2) is 7.25. The molecule has 0 aliphatic heterocycles. The number of nitrogens with one attached hydrogen (secondary N) is 1. The van der Waals surface area contributed by atoms with Crippen molar-refractivity contribution in [1.82, 2.24) is 0 Å². The summed E-state index contributed by atoms with van der Waals surface area (Å²) >= 11 is 0.